The summed E-state index contributed by atoms with van der Waals surface area (Å²) >= 11 is 0. The van der Waals surface area contributed by atoms with Gasteiger partial charge in [-0.3, -0.25) is 0 Å². The van der Waals surface area contributed by atoms with E-state index < -0.39 is 0 Å². The number of ether oxygens (including phenoxy) is 1. The molecule has 0 fully saturated rings. The molecule has 0 aliphatic heterocycles. The van der Waals surface area contributed by atoms with Crippen LogP contribution in [-0.4, -0.2) is 14.8 Å². The van der Waals surface area contributed by atoms with Crippen LogP contribution in [0, 0.1) is 0 Å². The number of hydrogen-bond acceptors (Lipinski definition) is 3. The standard InChI is InChI=1S/C14H19N3O/c1-4-12-5-7-13(8-6-12)18-9-14-15-10-16-17(14)11(2)3/h5-8,10-11H,4,9H2,1-3H3. The molecule has 2 aromatic rings. The highest BCUT2D eigenvalue weighted by Gasteiger charge is 2.07. The van der Waals surface area contributed by atoms with E-state index in [2.05, 4.69) is 43.0 Å². The molecule has 0 aliphatic rings. The Labute approximate surface area is 108 Å². The second-order valence-corrected chi connectivity index (χ2v) is 4.50. The highest BCUT2D eigenvalue weighted by molar-refractivity contribution is 5.27. The maximum Gasteiger partial charge on any atom is 0.165 e. The van der Waals surface area contributed by atoms with Crippen LogP contribution in [0.2, 0.25) is 0 Å². The van der Waals surface area contributed by atoms with Gasteiger partial charge in [0.1, 0.15) is 18.7 Å². The van der Waals surface area contributed by atoms with Crippen molar-refractivity contribution >= 4 is 0 Å². The number of nitrogens with zero attached hydrogens (tertiary/aromatic N) is 3. The molecule has 2 rings (SSSR count). The number of benzene rings is 1. The molecule has 0 saturated carbocycles. The Morgan fingerprint density at radius 3 is 2.56 bits per heavy atom. The molecular weight excluding hydrogens is 226 g/mol. The van der Waals surface area contributed by atoms with Gasteiger partial charge in [0.2, 0.25) is 0 Å². The van der Waals surface area contributed by atoms with Gasteiger partial charge >= 0.3 is 0 Å². The number of aromatic nitrogens is 3. The summed E-state index contributed by atoms with van der Waals surface area (Å²) in [5.41, 5.74) is 1.31. The summed E-state index contributed by atoms with van der Waals surface area (Å²) in [6, 6.07) is 8.46. The van der Waals surface area contributed by atoms with E-state index in [-0.39, 0.29) is 0 Å². The van der Waals surface area contributed by atoms with E-state index in [0.29, 0.717) is 12.6 Å². The lowest BCUT2D eigenvalue weighted by Gasteiger charge is -2.10. The zero-order valence-corrected chi connectivity index (χ0v) is 11.1. The second kappa shape index (κ2) is 5.67. The van der Waals surface area contributed by atoms with E-state index in [1.54, 1.807) is 6.33 Å². The third-order valence-electron chi connectivity index (χ3n) is 2.84. The van der Waals surface area contributed by atoms with Crippen molar-refractivity contribution in [2.45, 2.75) is 39.8 Å². The van der Waals surface area contributed by atoms with Crippen molar-refractivity contribution in [3.05, 3.63) is 42.0 Å². The molecule has 0 amide bonds. The van der Waals surface area contributed by atoms with Gasteiger partial charge < -0.3 is 4.74 Å². The summed E-state index contributed by atoms with van der Waals surface area (Å²) in [5.74, 6) is 1.72. The van der Waals surface area contributed by atoms with Gasteiger partial charge in [0, 0.05) is 6.04 Å². The maximum atomic E-state index is 5.72. The Bertz CT molecular complexity index is 488. The van der Waals surface area contributed by atoms with Crippen LogP contribution < -0.4 is 4.74 Å². The van der Waals surface area contributed by atoms with Gasteiger partial charge in [-0.05, 0) is 38.0 Å². The molecule has 4 nitrogen and oxygen atoms in total. The van der Waals surface area contributed by atoms with Gasteiger partial charge in [-0.15, -0.1) is 0 Å². The van der Waals surface area contributed by atoms with Crippen molar-refractivity contribution < 1.29 is 4.74 Å². The van der Waals surface area contributed by atoms with Gasteiger partial charge in [-0.1, -0.05) is 19.1 Å². The Balaban J connectivity index is 2.00. The molecule has 0 unspecified atom stereocenters. The first-order chi connectivity index (χ1) is 8.70. The first-order valence-electron chi connectivity index (χ1n) is 6.30. The summed E-state index contributed by atoms with van der Waals surface area (Å²) in [4.78, 5) is 4.21. The molecule has 4 heteroatoms. The molecule has 0 radical (unpaired) electrons. The van der Waals surface area contributed by atoms with Gasteiger partial charge in [0.05, 0.1) is 0 Å². The molecule has 0 spiro atoms. The molecule has 1 aromatic heterocycles. The van der Waals surface area contributed by atoms with E-state index >= 15 is 0 Å². The summed E-state index contributed by atoms with van der Waals surface area (Å²) in [7, 11) is 0. The molecule has 0 aliphatic carbocycles. The minimum atomic E-state index is 0.300. The van der Waals surface area contributed by atoms with Crippen LogP contribution in [0.5, 0.6) is 5.75 Å². The van der Waals surface area contributed by atoms with Crippen LogP contribution in [0.25, 0.3) is 0 Å². The SMILES string of the molecule is CCc1ccc(OCc2ncnn2C(C)C)cc1. The molecule has 18 heavy (non-hydrogen) atoms. The minimum Gasteiger partial charge on any atom is -0.486 e. The summed E-state index contributed by atoms with van der Waals surface area (Å²) in [6.07, 6.45) is 2.61. The van der Waals surface area contributed by atoms with Crippen molar-refractivity contribution in [1.82, 2.24) is 14.8 Å². The lowest BCUT2D eigenvalue weighted by atomic mass is 10.2. The minimum absolute atomic E-state index is 0.300. The Hall–Kier alpha value is -1.84. The van der Waals surface area contributed by atoms with Crippen molar-refractivity contribution in [3.8, 4) is 5.75 Å². The van der Waals surface area contributed by atoms with Crippen LogP contribution in [0.3, 0.4) is 0 Å². The molecular formula is C14H19N3O. The first kappa shape index (κ1) is 12.6. The lowest BCUT2D eigenvalue weighted by molar-refractivity contribution is 0.282. The summed E-state index contributed by atoms with van der Waals surface area (Å²) in [6.45, 7) is 6.74. The highest BCUT2D eigenvalue weighted by atomic mass is 16.5. The molecule has 0 atom stereocenters. The zero-order valence-electron chi connectivity index (χ0n) is 11.1. The van der Waals surface area contributed by atoms with E-state index in [1.807, 2.05) is 16.8 Å². The first-order valence-corrected chi connectivity index (χ1v) is 6.30. The number of hydrogen-bond donors (Lipinski definition) is 0. The third kappa shape index (κ3) is 2.88. The van der Waals surface area contributed by atoms with Crippen LogP contribution in [0.1, 0.15) is 38.2 Å². The fourth-order valence-electron chi connectivity index (χ4n) is 1.78. The van der Waals surface area contributed by atoms with Crippen molar-refractivity contribution in [2.24, 2.45) is 0 Å². The van der Waals surface area contributed by atoms with Crippen LogP contribution in [-0.2, 0) is 13.0 Å². The fraction of sp³-hybridized carbons (Fsp3) is 0.429. The van der Waals surface area contributed by atoms with E-state index in [0.717, 1.165) is 18.0 Å². The lowest BCUT2D eigenvalue weighted by Crippen LogP contribution is -2.10. The van der Waals surface area contributed by atoms with Gasteiger partial charge in [0.15, 0.2) is 5.82 Å². The van der Waals surface area contributed by atoms with Crippen molar-refractivity contribution in [3.63, 3.8) is 0 Å². The second-order valence-electron chi connectivity index (χ2n) is 4.50. The van der Waals surface area contributed by atoms with Gasteiger partial charge in [-0.2, -0.15) is 5.10 Å². The van der Waals surface area contributed by atoms with E-state index in [1.165, 1.54) is 5.56 Å². The predicted octanol–water partition coefficient (Wildman–Crippen LogP) is 3.00. The van der Waals surface area contributed by atoms with Gasteiger partial charge in [-0.25, -0.2) is 9.67 Å². The Morgan fingerprint density at radius 1 is 1.22 bits per heavy atom. The van der Waals surface area contributed by atoms with E-state index in [4.69, 9.17) is 4.74 Å². The number of aryl methyl sites for hydroxylation is 1. The summed E-state index contributed by atoms with van der Waals surface area (Å²) in [5, 5.41) is 4.18. The largest absolute Gasteiger partial charge is 0.486 e. The van der Waals surface area contributed by atoms with Crippen molar-refractivity contribution in [2.75, 3.05) is 0 Å². The third-order valence-corrected chi connectivity index (χ3v) is 2.84. The average Bonchev–Trinajstić information content (AvgIpc) is 2.85. The predicted molar refractivity (Wildman–Crippen MR) is 70.6 cm³/mol. The maximum absolute atomic E-state index is 5.72. The van der Waals surface area contributed by atoms with Crippen LogP contribution in [0.4, 0.5) is 0 Å². The van der Waals surface area contributed by atoms with E-state index in [9.17, 15) is 0 Å². The molecule has 0 saturated heterocycles. The highest BCUT2D eigenvalue weighted by Crippen LogP contribution is 2.14. The van der Waals surface area contributed by atoms with Crippen LogP contribution in [0.15, 0.2) is 30.6 Å². The Kier molecular flexibility index (Phi) is 3.97. The average molecular weight is 245 g/mol. The monoisotopic (exact) mass is 245 g/mol. The van der Waals surface area contributed by atoms with Crippen LogP contribution >= 0.6 is 0 Å². The van der Waals surface area contributed by atoms with Crippen molar-refractivity contribution in [1.29, 1.82) is 0 Å². The summed E-state index contributed by atoms with van der Waals surface area (Å²) < 4.78 is 7.59. The quantitative estimate of drug-likeness (QED) is 0.813. The fourth-order valence-corrected chi connectivity index (χ4v) is 1.78. The molecule has 0 bridgehead atoms. The molecule has 1 aromatic carbocycles. The normalized spacial score (nSPS) is 10.9. The zero-order chi connectivity index (χ0) is 13.0. The number of rotatable bonds is 5. The topological polar surface area (TPSA) is 39.9 Å². The smallest absolute Gasteiger partial charge is 0.165 e. The molecule has 0 N–H and O–H groups in total. The Morgan fingerprint density at radius 2 is 1.94 bits per heavy atom. The van der Waals surface area contributed by atoms with Gasteiger partial charge in [0.25, 0.3) is 0 Å². The molecule has 1 heterocycles. The molecule has 96 valence electrons.